The molecule has 4 rings (SSSR count). The molecule has 0 saturated heterocycles. The van der Waals surface area contributed by atoms with Gasteiger partial charge in [-0.3, -0.25) is 4.99 Å². The SMILES string of the molecule is C=C(C)CN=c1scc(-c2cc(OC)c(OC)c(OC)c2)n1N=C1CCC(c2ccccc2)CC1. The maximum atomic E-state index is 5.59. The van der Waals surface area contributed by atoms with E-state index in [0.717, 1.165) is 47.3 Å². The summed E-state index contributed by atoms with van der Waals surface area (Å²) < 4.78 is 18.6. The second kappa shape index (κ2) is 11.4. The van der Waals surface area contributed by atoms with Crippen molar-refractivity contribution in [1.29, 1.82) is 0 Å². The Bertz CT molecular complexity index is 1240. The van der Waals surface area contributed by atoms with Gasteiger partial charge in [0.15, 0.2) is 11.5 Å². The largest absolute Gasteiger partial charge is 0.493 e. The van der Waals surface area contributed by atoms with Crippen LogP contribution < -0.4 is 19.0 Å². The number of rotatable bonds is 8. The summed E-state index contributed by atoms with van der Waals surface area (Å²) in [7, 11) is 4.86. The average molecular weight is 492 g/mol. The van der Waals surface area contributed by atoms with Gasteiger partial charge in [-0.25, -0.2) is 4.68 Å². The van der Waals surface area contributed by atoms with Gasteiger partial charge in [-0.15, -0.1) is 11.3 Å². The molecule has 0 N–H and O–H groups in total. The van der Waals surface area contributed by atoms with Crippen LogP contribution in [0.1, 0.15) is 44.1 Å². The Morgan fingerprint density at radius 1 is 1.03 bits per heavy atom. The lowest BCUT2D eigenvalue weighted by Gasteiger charge is -2.23. The molecule has 1 saturated carbocycles. The molecule has 0 spiro atoms. The van der Waals surface area contributed by atoms with E-state index in [0.29, 0.717) is 29.7 Å². The highest BCUT2D eigenvalue weighted by Gasteiger charge is 2.21. The zero-order valence-corrected chi connectivity index (χ0v) is 21.7. The molecule has 0 atom stereocenters. The van der Waals surface area contributed by atoms with E-state index in [2.05, 4.69) is 42.3 Å². The normalized spacial score (nSPS) is 16.2. The number of benzene rings is 2. The lowest BCUT2D eigenvalue weighted by molar-refractivity contribution is 0.324. The van der Waals surface area contributed by atoms with Crippen LogP contribution >= 0.6 is 11.3 Å². The van der Waals surface area contributed by atoms with Crippen molar-refractivity contribution in [1.82, 2.24) is 4.68 Å². The maximum Gasteiger partial charge on any atom is 0.206 e. The zero-order chi connectivity index (χ0) is 24.8. The summed E-state index contributed by atoms with van der Waals surface area (Å²) in [6.07, 6.45) is 4.14. The van der Waals surface area contributed by atoms with Crippen molar-refractivity contribution in [2.75, 3.05) is 27.9 Å². The quantitative estimate of drug-likeness (QED) is 0.348. The number of aromatic nitrogens is 1. The summed E-state index contributed by atoms with van der Waals surface area (Å²) in [6, 6.07) is 14.7. The van der Waals surface area contributed by atoms with Crippen molar-refractivity contribution < 1.29 is 14.2 Å². The third-order valence-corrected chi connectivity index (χ3v) is 7.06. The Hall–Kier alpha value is -3.32. The minimum atomic E-state index is 0.566. The van der Waals surface area contributed by atoms with Gasteiger partial charge in [0.05, 0.1) is 33.6 Å². The van der Waals surface area contributed by atoms with E-state index >= 15 is 0 Å². The van der Waals surface area contributed by atoms with Gasteiger partial charge in [0.2, 0.25) is 10.6 Å². The molecule has 0 amide bonds. The zero-order valence-electron chi connectivity index (χ0n) is 20.9. The van der Waals surface area contributed by atoms with Gasteiger partial charge in [-0.1, -0.05) is 42.5 Å². The first kappa shape index (κ1) is 24.8. The first-order valence-corrected chi connectivity index (χ1v) is 12.7. The molecule has 3 aromatic rings. The van der Waals surface area contributed by atoms with Gasteiger partial charge in [-0.05, 0) is 56.2 Å². The molecule has 7 heteroatoms. The lowest BCUT2D eigenvalue weighted by Crippen LogP contribution is -2.18. The highest BCUT2D eigenvalue weighted by molar-refractivity contribution is 7.07. The number of methoxy groups -OCH3 is 3. The molecule has 1 fully saturated rings. The standard InChI is InChI=1S/C28H33N3O3S/c1-19(2)17-29-28-31(30-23-13-11-21(12-14-23)20-9-7-6-8-10-20)24(18-35-28)22-15-25(32-3)27(34-5)26(16-22)33-4/h6-10,15-16,18,21H,1,11-14,17H2,2-5H3. The second-order valence-corrected chi connectivity index (χ2v) is 9.59. The number of hydrogen-bond acceptors (Lipinski definition) is 6. The Kier molecular flexibility index (Phi) is 8.08. The van der Waals surface area contributed by atoms with Gasteiger partial charge in [0.25, 0.3) is 0 Å². The van der Waals surface area contributed by atoms with Crippen LogP contribution in [0.15, 0.2) is 70.1 Å². The van der Waals surface area contributed by atoms with Crippen LogP contribution in [0.3, 0.4) is 0 Å². The van der Waals surface area contributed by atoms with Crippen LogP contribution in [0.2, 0.25) is 0 Å². The smallest absolute Gasteiger partial charge is 0.206 e. The number of nitrogens with zero attached hydrogens (tertiary/aromatic N) is 3. The molecular weight excluding hydrogens is 458 g/mol. The predicted octanol–water partition coefficient (Wildman–Crippen LogP) is 6.28. The molecule has 1 aromatic heterocycles. The van der Waals surface area contributed by atoms with E-state index in [1.807, 2.05) is 23.7 Å². The predicted molar refractivity (Wildman–Crippen MR) is 143 cm³/mol. The third-order valence-electron chi connectivity index (χ3n) is 6.21. The summed E-state index contributed by atoms with van der Waals surface area (Å²) in [4.78, 5) is 5.63. The molecule has 2 aromatic carbocycles. The number of ether oxygens (including phenoxy) is 3. The van der Waals surface area contributed by atoms with Crippen LogP contribution in [0, 0.1) is 0 Å². The lowest BCUT2D eigenvalue weighted by atomic mass is 9.83. The van der Waals surface area contributed by atoms with Crippen molar-refractivity contribution in [2.45, 2.75) is 38.5 Å². The van der Waals surface area contributed by atoms with E-state index in [-0.39, 0.29) is 0 Å². The molecule has 0 bridgehead atoms. The Morgan fingerprint density at radius 3 is 2.26 bits per heavy atom. The fourth-order valence-electron chi connectivity index (χ4n) is 4.39. The molecule has 1 aliphatic rings. The van der Waals surface area contributed by atoms with E-state index < -0.39 is 0 Å². The molecule has 0 aliphatic heterocycles. The Morgan fingerprint density at radius 2 is 1.69 bits per heavy atom. The Balaban J connectivity index is 1.72. The fourth-order valence-corrected chi connectivity index (χ4v) is 5.22. The van der Waals surface area contributed by atoms with Crippen molar-refractivity contribution in [3.8, 4) is 28.5 Å². The summed E-state index contributed by atoms with van der Waals surface area (Å²) in [6.45, 7) is 6.55. The number of thiazole rings is 1. The van der Waals surface area contributed by atoms with Crippen LogP contribution in [-0.2, 0) is 0 Å². The summed E-state index contributed by atoms with van der Waals surface area (Å²) >= 11 is 1.57. The molecule has 35 heavy (non-hydrogen) atoms. The minimum Gasteiger partial charge on any atom is -0.493 e. The highest BCUT2D eigenvalue weighted by atomic mass is 32.1. The number of hydrogen-bond donors (Lipinski definition) is 0. The van der Waals surface area contributed by atoms with E-state index in [9.17, 15) is 0 Å². The monoisotopic (exact) mass is 491 g/mol. The molecule has 6 nitrogen and oxygen atoms in total. The van der Waals surface area contributed by atoms with Crippen LogP contribution in [-0.4, -0.2) is 38.3 Å². The van der Waals surface area contributed by atoms with E-state index in [4.69, 9.17) is 24.3 Å². The maximum absolute atomic E-state index is 5.59. The molecule has 1 aliphatic carbocycles. The van der Waals surface area contributed by atoms with Crippen LogP contribution in [0.5, 0.6) is 17.2 Å². The molecule has 1 heterocycles. The van der Waals surface area contributed by atoms with Gasteiger partial charge in [-0.2, -0.15) is 5.10 Å². The highest BCUT2D eigenvalue weighted by Crippen LogP contribution is 2.41. The molecule has 0 radical (unpaired) electrons. The van der Waals surface area contributed by atoms with Crippen molar-refractivity contribution in [3.63, 3.8) is 0 Å². The third kappa shape index (κ3) is 5.68. The van der Waals surface area contributed by atoms with Gasteiger partial charge in [0, 0.05) is 16.7 Å². The van der Waals surface area contributed by atoms with Gasteiger partial charge < -0.3 is 14.2 Å². The first-order valence-electron chi connectivity index (χ1n) is 11.8. The molecular formula is C28H33N3O3S. The van der Waals surface area contributed by atoms with Crippen molar-refractivity contribution in [3.05, 3.63) is 70.4 Å². The topological polar surface area (TPSA) is 57.3 Å². The summed E-state index contributed by atoms with van der Waals surface area (Å²) in [5.41, 5.74) is 5.49. The summed E-state index contributed by atoms with van der Waals surface area (Å²) in [5.74, 6) is 2.37. The molecule has 0 unspecified atom stereocenters. The summed E-state index contributed by atoms with van der Waals surface area (Å²) in [5, 5.41) is 7.20. The molecule has 184 valence electrons. The average Bonchev–Trinajstić information content (AvgIpc) is 3.29. The minimum absolute atomic E-state index is 0.566. The van der Waals surface area contributed by atoms with E-state index in [1.54, 1.807) is 32.7 Å². The van der Waals surface area contributed by atoms with Crippen LogP contribution in [0.25, 0.3) is 11.3 Å². The van der Waals surface area contributed by atoms with Crippen molar-refractivity contribution >= 4 is 17.0 Å². The fraction of sp³-hybridized carbons (Fsp3) is 0.357. The second-order valence-electron chi connectivity index (χ2n) is 8.75. The van der Waals surface area contributed by atoms with Gasteiger partial charge >= 0.3 is 0 Å². The Labute approximate surface area is 211 Å². The van der Waals surface area contributed by atoms with Gasteiger partial charge in [0.1, 0.15) is 0 Å². The van der Waals surface area contributed by atoms with E-state index in [1.165, 1.54) is 11.3 Å². The first-order chi connectivity index (χ1) is 17.0. The van der Waals surface area contributed by atoms with Crippen molar-refractivity contribution in [2.24, 2.45) is 10.1 Å². The van der Waals surface area contributed by atoms with Crippen LogP contribution in [0.4, 0.5) is 0 Å².